The highest BCUT2D eigenvalue weighted by Crippen LogP contribution is 2.24. The average molecular weight is 286 g/mol. The fraction of sp³-hybridized carbons (Fsp3) is 0.143. The average Bonchev–Trinajstić information content (AvgIpc) is 3.08. The number of nitrogens with zero attached hydrogens (tertiary/aromatic N) is 3. The van der Waals surface area contributed by atoms with E-state index in [1.807, 2.05) is 47.3 Å². The van der Waals surface area contributed by atoms with Crippen molar-refractivity contribution in [1.29, 1.82) is 0 Å². The lowest BCUT2D eigenvalue weighted by Gasteiger charge is -2.04. The molecule has 0 unspecified atom stereocenters. The van der Waals surface area contributed by atoms with Gasteiger partial charge in [-0.1, -0.05) is 0 Å². The maximum atomic E-state index is 5.13. The van der Waals surface area contributed by atoms with E-state index in [2.05, 4.69) is 15.3 Å². The van der Waals surface area contributed by atoms with E-state index in [4.69, 9.17) is 4.74 Å². The molecule has 5 nitrogen and oxygen atoms in total. The summed E-state index contributed by atoms with van der Waals surface area (Å²) < 4.78 is 7.09. The Morgan fingerprint density at radius 3 is 2.70 bits per heavy atom. The quantitative estimate of drug-likeness (QED) is 0.798. The molecule has 0 aliphatic rings. The Balaban J connectivity index is 1.78. The van der Waals surface area contributed by atoms with Crippen molar-refractivity contribution in [3.8, 4) is 11.6 Å². The van der Waals surface area contributed by atoms with Crippen molar-refractivity contribution in [3.63, 3.8) is 0 Å². The Kier molecular flexibility index (Phi) is 3.39. The zero-order valence-corrected chi connectivity index (χ0v) is 12.0. The zero-order valence-electron chi connectivity index (χ0n) is 11.2. The molecule has 0 fully saturated rings. The first kappa shape index (κ1) is 12.7. The number of ether oxygens (including phenoxy) is 1. The van der Waals surface area contributed by atoms with E-state index in [0.29, 0.717) is 0 Å². The van der Waals surface area contributed by atoms with Crippen LogP contribution in [0.4, 0.5) is 10.8 Å². The molecule has 0 aliphatic carbocycles. The molecule has 0 bridgehead atoms. The summed E-state index contributed by atoms with van der Waals surface area (Å²) in [6, 6.07) is 7.75. The molecule has 0 saturated heterocycles. The number of aromatic nitrogens is 3. The molecule has 20 heavy (non-hydrogen) atoms. The van der Waals surface area contributed by atoms with Crippen LogP contribution in [0.5, 0.6) is 5.75 Å². The van der Waals surface area contributed by atoms with Crippen molar-refractivity contribution in [2.45, 2.75) is 6.92 Å². The van der Waals surface area contributed by atoms with Gasteiger partial charge in [0.15, 0.2) is 10.9 Å². The molecule has 102 valence electrons. The van der Waals surface area contributed by atoms with Gasteiger partial charge in [-0.05, 0) is 31.2 Å². The summed E-state index contributed by atoms with van der Waals surface area (Å²) in [4.78, 5) is 8.75. The molecule has 0 amide bonds. The number of anilines is 2. The molecule has 1 N–H and O–H groups in total. The van der Waals surface area contributed by atoms with E-state index in [1.165, 1.54) is 0 Å². The molecule has 0 radical (unpaired) electrons. The van der Waals surface area contributed by atoms with Crippen LogP contribution < -0.4 is 10.1 Å². The largest absolute Gasteiger partial charge is 0.497 e. The van der Waals surface area contributed by atoms with Crippen molar-refractivity contribution in [1.82, 2.24) is 14.5 Å². The van der Waals surface area contributed by atoms with Gasteiger partial charge in [0.05, 0.1) is 7.11 Å². The molecule has 0 spiro atoms. The maximum Gasteiger partial charge on any atom is 0.189 e. The number of benzene rings is 1. The number of hydrogen-bond donors (Lipinski definition) is 1. The molecule has 0 aliphatic heterocycles. The summed E-state index contributed by atoms with van der Waals surface area (Å²) in [6.45, 7) is 1.95. The first-order chi connectivity index (χ1) is 9.76. The lowest BCUT2D eigenvalue weighted by molar-refractivity contribution is 0.415. The minimum atomic E-state index is 0.837. The van der Waals surface area contributed by atoms with Gasteiger partial charge in [-0.15, -0.1) is 11.3 Å². The fourth-order valence-electron chi connectivity index (χ4n) is 1.85. The SMILES string of the molecule is COc1ccc(Nc2nc(-n3ccnc3C)cs2)cc1. The van der Waals surface area contributed by atoms with Crippen LogP contribution in [-0.4, -0.2) is 21.6 Å². The topological polar surface area (TPSA) is 52.0 Å². The summed E-state index contributed by atoms with van der Waals surface area (Å²) in [5.74, 6) is 2.64. The predicted molar refractivity (Wildman–Crippen MR) is 80.2 cm³/mol. The maximum absolute atomic E-state index is 5.13. The summed E-state index contributed by atoms with van der Waals surface area (Å²) in [5.41, 5.74) is 0.981. The highest BCUT2D eigenvalue weighted by atomic mass is 32.1. The van der Waals surface area contributed by atoms with Crippen molar-refractivity contribution in [3.05, 3.63) is 47.9 Å². The number of nitrogens with one attached hydrogen (secondary N) is 1. The minimum Gasteiger partial charge on any atom is -0.497 e. The van der Waals surface area contributed by atoms with Gasteiger partial charge in [-0.3, -0.25) is 4.57 Å². The second-order valence-corrected chi connectivity index (χ2v) is 5.07. The molecular weight excluding hydrogens is 272 g/mol. The van der Waals surface area contributed by atoms with E-state index >= 15 is 0 Å². The van der Waals surface area contributed by atoms with Crippen LogP contribution in [0.1, 0.15) is 5.82 Å². The first-order valence-corrected chi connectivity index (χ1v) is 7.01. The molecule has 1 aromatic carbocycles. The standard InChI is InChI=1S/C14H14N4OS/c1-10-15-7-8-18(10)13-9-20-14(17-13)16-11-3-5-12(19-2)6-4-11/h3-9H,1-2H3,(H,16,17). The van der Waals surface area contributed by atoms with Crippen LogP contribution >= 0.6 is 11.3 Å². The summed E-state index contributed by atoms with van der Waals surface area (Å²) in [6.07, 6.45) is 3.67. The van der Waals surface area contributed by atoms with Crippen molar-refractivity contribution in [2.75, 3.05) is 12.4 Å². The van der Waals surface area contributed by atoms with E-state index in [0.717, 1.165) is 28.2 Å². The molecule has 2 aromatic heterocycles. The predicted octanol–water partition coefficient (Wildman–Crippen LogP) is 3.39. The van der Waals surface area contributed by atoms with Gasteiger partial charge >= 0.3 is 0 Å². The Morgan fingerprint density at radius 1 is 1.25 bits per heavy atom. The molecule has 3 aromatic rings. The fourth-order valence-corrected chi connectivity index (χ4v) is 2.56. The van der Waals surface area contributed by atoms with Gasteiger partial charge in [0, 0.05) is 23.5 Å². The smallest absolute Gasteiger partial charge is 0.189 e. The van der Waals surface area contributed by atoms with Gasteiger partial charge in [0.2, 0.25) is 0 Å². The number of rotatable bonds is 4. The number of thiazole rings is 1. The number of aryl methyl sites for hydroxylation is 1. The zero-order chi connectivity index (χ0) is 13.9. The summed E-state index contributed by atoms with van der Waals surface area (Å²) in [5, 5.41) is 6.12. The molecule has 3 rings (SSSR count). The second-order valence-electron chi connectivity index (χ2n) is 4.21. The van der Waals surface area contributed by atoms with Gasteiger partial charge in [0.1, 0.15) is 11.6 Å². The van der Waals surface area contributed by atoms with Gasteiger partial charge < -0.3 is 10.1 Å². The third kappa shape index (κ3) is 2.50. The first-order valence-electron chi connectivity index (χ1n) is 6.13. The highest BCUT2D eigenvalue weighted by Gasteiger charge is 2.06. The van der Waals surface area contributed by atoms with Crippen molar-refractivity contribution in [2.24, 2.45) is 0 Å². The number of hydrogen-bond acceptors (Lipinski definition) is 5. The molecule has 6 heteroatoms. The van der Waals surface area contributed by atoms with Crippen LogP contribution in [0.3, 0.4) is 0 Å². The highest BCUT2D eigenvalue weighted by molar-refractivity contribution is 7.14. The third-order valence-corrected chi connectivity index (χ3v) is 3.65. The molecular formula is C14H14N4OS. The Morgan fingerprint density at radius 2 is 2.05 bits per heavy atom. The molecule has 0 atom stereocenters. The van der Waals surface area contributed by atoms with Crippen molar-refractivity contribution < 1.29 is 4.74 Å². The van der Waals surface area contributed by atoms with Crippen LogP contribution in [0.25, 0.3) is 5.82 Å². The van der Waals surface area contributed by atoms with Crippen LogP contribution in [-0.2, 0) is 0 Å². The number of imidazole rings is 1. The van der Waals surface area contributed by atoms with E-state index in [9.17, 15) is 0 Å². The van der Waals surface area contributed by atoms with Crippen LogP contribution in [0, 0.1) is 6.92 Å². The lowest BCUT2D eigenvalue weighted by atomic mass is 10.3. The van der Waals surface area contributed by atoms with E-state index < -0.39 is 0 Å². The van der Waals surface area contributed by atoms with Gasteiger partial charge in [-0.2, -0.15) is 0 Å². The van der Waals surface area contributed by atoms with E-state index in [1.54, 1.807) is 24.6 Å². The van der Waals surface area contributed by atoms with Crippen LogP contribution in [0.15, 0.2) is 42.0 Å². The van der Waals surface area contributed by atoms with Crippen LogP contribution in [0.2, 0.25) is 0 Å². The second kappa shape index (κ2) is 5.34. The van der Waals surface area contributed by atoms with E-state index in [-0.39, 0.29) is 0 Å². The Bertz CT molecular complexity index is 702. The lowest BCUT2D eigenvalue weighted by Crippen LogP contribution is -1.96. The number of methoxy groups -OCH3 is 1. The van der Waals surface area contributed by atoms with Crippen molar-refractivity contribution >= 4 is 22.2 Å². The van der Waals surface area contributed by atoms with Gasteiger partial charge in [0.25, 0.3) is 0 Å². The normalized spacial score (nSPS) is 10.5. The molecule has 2 heterocycles. The Labute approximate surface area is 120 Å². The monoisotopic (exact) mass is 286 g/mol. The third-order valence-electron chi connectivity index (χ3n) is 2.91. The Hall–Kier alpha value is -2.34. The minimum absolute atomic E-state index is 0.837. The summed E-state index contributed by atoms with van der Waals surface area (Å²) >= 11 is 1.56. The van der Waals surface area contributed by atoms with Gasteiger partial charge in [-0.25, -0.2) is 9.97 Å². The molecule has 0 saturated carbocycles. The summed E-state index contributed by atoms with van der Waals surface area (Å²) in [7, 11) is 1.66.